The Morgan fingerprint density at radius 1 is 1.26 bits per heavy atom. The van der Waals surface area contributed by atoms with Gasteiger partial charge in [0.1, 0.15) is 11.5 Å². The van der Waals surface area contributed by atoms with E-state index in [9.17, 15) is 4.79 Å². The number of carbonyl (C=O) groups excluding carboxylic acids is 1. The molecule has 1 aromatic carbocycles. The number of hydrogen-bond donors (Lipinski definition) is 0. The van der Waals surface area contributed by atoms with Crippen LogP contribution in [0.4, 0.5) is 5.13 Å². The number of nitrogens with zero attached hydrogens (tertiary/aromatic N) is 4. The summed E-state index contributed by atoms with van der Waals surface area (Å²) in [7, 11) is 1.76. The van der Waals surface area contributed by atoms with Gasteiger partial charge in [-0.15, -0.1) is 0 Å². The van der Waals surface area contributed by atoms with E-state index in [2.05, 4.69) is 25.0 Å². The first-order valence-electron chi connectivity index (χ1n) is 8.76. The molecule has 0 spiro atoms. The lowest BCUT2D eigenvalue weighted by atomic mass is 10.0. The molecule has 0 unspecified atom stereocenters. The summed E-state index contributed by atoms with van der Waals surface area (Å²) in [6.45, 7) is 4.61. The number of benzene rings is 1. The highest BCUT2D eigenvalue weighted by Crippen LogP contribution is 2.34. The Hall–Kier alpha value is -2.93. The van der Waals surface area contributed by atoms with Crippen LogP contribution in [-0.4, -0.2) is 20.7 Å². The number of aromatic nitrogens is 3. The molecule has 3 heterocycles. The zero-order valence-corrected chi connectivity index (χ0v) is 16.2. The van der Waals surface area contributed by atoms with Gasteiger partial charge in [0.2, 0.25) is 0 Å². The largest absolute Gasteiger partial charge is 0.467 e. The second kappa shape index (κ2) is 7.00. The van der Waals surface area contributed by atoms with E-state index < -0.39 is 0 Å². The topological polar surface area (TPSA) is 64.2 Å². The second-order valence-electron chi connectivity index (χ2n) is 6.66. The first kappa shape index (κ1) is 17.5. The van der Waals surface area contributed by atoms with Gasteiger partial charge >= 0.3 is 0 Å². The monoisotopic (exact) mass is 380 g/mol. The van der Waals surface area contributed by atoms with Crippen LogP contribution < -0.4 is 4.90 Å². The van der Waals surface area contributed by atoms with E-state index in [0.29, 0.717) is 29.0 Å². The fourth-order valence-electron chi connectivity index (χ4n) is 3.05. The highest BCUT2D eigenvalue weighted by molar-refractivity contribution is 7.22. The molecule has 0 saturated carbocycles. The maximum atomic E-state index is 13.2. The molecule has 1 amide bonds. The molecule has 0 radical (unpaired) electrons. The summed E-state index contributed by atoms with van der Waals surface area (Å²) in [6, 6.07) is 11.6. The highest BCUT2D eigenvalue weighted by Gasteiger charge is 2.25. The number of hydrogen-bond acceptors (Lipinski definition) is 5. The predicted octanol–water partition coefficient (Wildman–Crippen LogP) is 4.59. The molecule has 3 aromatic heterocycles. The van der Waals surface area contributed by atoms with E-state index in [0.717, 1.165) is 10.2 Å². The van der Waals surface area contributed by atoms with Crippen LogP contribution >= 0.6 is 11.3 Å². The average molecular weight is 380 g/mol. The second-order valence-corrected chi connectivity index (χ2v) is 7.66. The van der Waals surface area contributed by atoms with Crippen molar-refractivity contribution in [1.82, 2.24) is 14.8 Å². The van der Waals surface area contributed by atoms with Crippen molar-refractivity contribution in [2.75, 3.05) is 4.90 Å². The number of furan rings is 1. The smallest absolute Gasteiger partial charge is 0.278 e. The van der Waals surface area contributed by atoms with Crippen molar-refractivity contribution in [1.29, 1.82) is 0 Å². The highest BCUT2D eigenvalue weighted by atomic mass is 32.1. The van der Waals surface area contributed by atoms with Crippen molar-refractivity contribution in [2.45, 2.75) is 26.3 Å². The molecule has 4 rings (SSSR count). The standard InChI is InChI=1S/C20H20N4O2S/c1-13(2)15-7-4-8-17-18(15)22-20(27-17)24(12-14-6-5-11-26-14)19(25)16-9-10-21-23(16)3/h4-11,13H,12H2,1-3H3. The van der Waals surface area contributed by atoms with Gasteiger partial charge < -0.3 is 4.42 Å². The molecular weight excluding hydrogens is 360 g/mol. The number of anilines is 1. The third-order valence-corrected chi connectivity index (χ3v) is 5.51. The number of para-hydroxylation sites is 1. The normalized spacial score (nSPS) is 11.4. The molecule has 0 aliphatic heterocycles. The quantitative estimate of drug-likeness (QED) is 0.508. The van der Waals surface area contributed by atoms with E-state index in [1.807, 2.05) is 24.3 Å². The number of carbonyl (C=O) groups is 1. The molecule has 0 saturated heterocycles. The Morgan fingerprint density at radius 2 is 2.11 bits per heavy atom. The first-order valence-corrected chi connectivity index (χ1v) is 9.58. The predicted molar refractivity (Wildman–Crippen MR) is 106 cm³/mol. The van der Waals surface area contributed by atoms with Gasteiger partial charge in [-0.3, -0.25) is 14.4 Å². The van der Waals surface area contributed by atoms with Gasteiger partial charge in [0.15, 0.2) is 5.13 Å². The molecule has 138 valence electrons. The van der Waals surface area contributed by atoms with Gasteiger partial charge in [-0.05, 0) is 35.7 Å². The summed E-state index contributed by atoms with van der Waals surface area (Å²) in [4.78, 5) is 19.7. The average Bonchev–Trinajstić information content (AvgIpc) is 3.38. The molecule has 0 N–H and O–H groups in total. The SMILES string of the molecule is CC(C)c1cccc2sc(N(Cc3ccco3)C(=O)c3ccnn3C)nc12. The lowest BCUT2D eigenvalue weighted by Crippen LogP contribution is -2.31. The lowest BCUT2D eigenvalue weighted by molar-refractivity contribution is 0.0974. The summed E-state index contributed by atoms with van der Waals surface area (Å²) in [6.07, 6.45) is 3.23. The molecule has 0 aliphatic carbocycles. The van der Waals surface area contributed by atoms with Gasteiger partial charge in [0, 0.05) is 13.2 Å². The van der Waals surface area contributed by atoms with Crippen LogP contribution in [0, 0.1) is 0 Å². The van der Waals surface area contributed by atoms with Gasteiger partial charge in [-0.25, -0.2) is 4.98 Å². The fourth-order valence-corrected chi connectivity index (χ4v) is 4.04. The number of fused-ring (bicyclic) bond motifs is 1. The van der Waals surface area contributed by atoms with Crippen LogP contribution in [0.25, 0.3) is 10.2 Å². The Kier molecular flexibility index (Phi) is 4.53. The number of amides is 1. The van der Waals surface area contributed by atoms with E-state index in [4.69, 9.17) is 9.40 Å². The summed E-state index contributed by atoms with van der Waals surface area (Å²) in [5, 5.41) is 4.77. The third kappa shape index (κ3) is 3.26. The maximum absolute atomic E-state index is 13.2. The summed E-state index contributed by atoms with van der Waals surface area (Å²) in [5.74, 6) is 0.903. The van der Waals surface area contributed by atoms with Crippen LogP contribution in [0.3, 0.4) is 0 Å². The van der Waals surface area contributed by atoms with Crippen LogP contribution in [-0.2, 0) is 13.6 Å². The minimum atomic E-state index is -0.156. The van der Waals surface area contributed by atoms with Gasteiger partial charge in [0.25, 0.3) is 5.91 Å². The van der Waals surface area contributed by atoms with Crippen LogP contribution in [0.1, 0.15) is 41.6 Å². The molecule has 7 heteroatoms. The maximum Gasteiger partial charge on any atom is 0.278 e. The van der Waals surface area contributed by atoms with Crippen molar-refractivity contribution >= 4 is 32.6 Å². The van der Waals surface area contributed by atoms with E-state index in [-0.39, 0.29) is 5.91 Å². The fraction of sp³-hybridized carbons (Fsp3) is 0.250. The molecule has 0 aliphatic rings. The van der Waals surface area contributed by atoms with E-state index in [1.165, 1.54) is 16.9 Å². The van der Waals surface area contributed by atoms with Crippen molar-refractivity contribution < 1.29 is 9.21 Å². The van der Waals surface area contributed by atoms with Gasteiger partial charge in [0.05, 0.1) is 23.0 Å². The van der Waals surface area contributed by atoms with Gasteiger partial charge in [-0.1, -0.05) is 37.3 Å². The van der Waals surface area contributed by atoms with Crippen molar-refractivity contribution in [3.05, 3.63) is 65.9 Å². The molecule has 27 heavy (non-hydrogen) atoms. The van der Waals surface area contributed by atoms with E-state index >= 15 is 0 Å². The molecular formula is C20H20N4O2S. The van der Waals surface area contributed by atoms with Crippen molar-refractivity contribution in [3.63, 3.8) is 0 Å². The minimum Gasteiger partial charge on any atom is -0.467 e. The van der Waals surface area contributed by atoms with Gasteiger partial charge in [-0.2, -0.15) is 5.10 Å². The van der Waals surface area contributed by atoms with Crippen LogP contribution in [0.5, 0.6) is 0 Å². The lowest BCUT2D eigenvalue weighted by Gasteiger charge is -2.18. The Bertz CT molecular complexity index is 1080. The molecule has 0 atom stereocenters. The Balaban J connectivity index is 1.81. The first-order chi connectivity index (χ1) is 13.0. The summed E-state index contributed by atoms with van der Waals surface area (Å²) in [5.41, 5.74) is 2.64. The van der Waals surface area contributed by atoms with Crippen LogP contribution in [0.15, 0.2) is 53.3 Å². The van der Waals surface area contributed by atoms with Crippen molar-refractivity contribution in [3.8, 4) is 0 Å². The molecule has 0 bridgehead atoms. The Labute approximate surface area is 161 Å². The minimum absolute atomic E-state index is 0.156. The van der Waals surface area contributed by atoms with Crippen LogP contribution in [0.2, 0.25) is 0 Å². The van der Waals surface area contributed by atoms with E-state index in [1.54, 1.807) is 35.2 Å². The molecule has 4 aromatic rings. The Morgan fingerprint density at radius 3 is 2.78 bits per heavy atom. The summed E-state index contributed by atoms with van der Waals surface area (Å²) < 4.78 is 8.12. The zero-order valence-electron chi connectivity index (χ0n) is 15.4. The number of rotatable bonds is 5. The van der Waals surface area contributed by atoms with Crippen molar-refractivity contribution in [2.24, 2.45) is 7.05 Å². The summed E-state index contributed by atoms with van der Waals surface area (Å²) >= 11 is 1.51. The number of aryl methyl sites for hydroxylation is 1. The molecule has 6 nitrogen and oxygen atoms in total. The molecule has 0 fully saturated rings. The number of thiazole rings is 1. The third-order valence-electron chi connectivity index (χ3n) is 4.47. The zero-order chi connectivity index (χ0) is 19.0.